The van der Waals surface area contributed by atoms with Crippen molar-refractivity contribution in [2.45, 2.75) is 51.1 Å². The summed E-state index contributed by atoms with van der Waals surface area (Å²) in [5.74, 6) is 0.0615. The molecule has 1 N–H and O–H groups in total. The highest BCUT2D eigenvalue weighted by molar-refractivity contribution is 5.92. The monoisotopic (exact) mass is 333 g/mol. The number of carbonyl (C=O) groups is 1. The molecule has 2 saturated heterocycles. The largest absolute Gasteiger partial charge is 0.337 e. The van der Waals surface area contributed by atoms with E-state index in [4.69, 9.17) is 0 Å². The van der Waals surface area contributed by atoms with Gasteiger partial charge in [-0.15, -0.1) is 0 Å². The second kappa shape index (κ2) is 8.12. The minimum Gasteiger partial charge on any atom is -0.337 e. The Bertz CT molecular complexity index is 529. The van der Waals surface area contributed by atoms with E-state index in [0.29, 0.717) is 17.8 Å². The number of amides is 1. The fourth-order valence-electron chi connectivity index (χ4n) is 3.91. The van der Waals surface area contributed by atoms with Crippen molar-refractivity contribution in [1.29, 1.82) is 0 Å². The van der Waals surface area contributed by atoms with Gasteiger partial charge in [0.15, 0.2) is 0 Å². The first-order chi connectivity index (χ1) is 11.7. The van der Waals surface area contributed by atoms with Crippen LogP contribution in [-0.4, -0.2) is 71.3 Å². The van der Waals surface area contributed by atoms with Gasteiger partial charge < -0.3 is 15.1 Å². The molecule has 1 aromatic heterocycles. The van der Waals surface area contributed by atoms with E-state index in [-0.39, 0.29) is 5.91 Å². The van der Waals surface area contributed by atoms with Gasteiger partial charge in [-0.05, 0) is 51.3 Å². The minimum atomic E-state index is 0.0615. The summed E-state index contributed by atoms with van der Waals surface area (Å²) in [5.41, 5.74) is 0.582. The van der Waals surface area contributed by atoms with Crippen molar-refractivity contribution >= 4 is 5.91 Å². The van der Waals surface area contributed by atoms with Crippen LogP contribution in [-0.2, 0) is 0 Å². The molecule has 1 unspecified atom stereocenters. The summed E-state index contributed by atoms with van der Waals surface area (Å²) in [6.07, 6.45) is 7.60. The molecular weight excluding hydrogens is 302 g/mol. The van der Waals surface area contributed by atoms with Gasteiger partial charge in [0.2, 0.25) is 0 Å². The van der Waals surface area contributed by atoms with Crippen molar-refractivity contribution in [1.82, 2.24) is 24.9 Å². The summed E-state index contributed by atoms with van der Waals surface area (Å²) in [7, 11) is 1.93. The van der Waals surface area contributed by atoms with Crippen molar-refractivity contribution in [3.63, 3.8) is 0 Å². The maximum atomic E-state index is 12.8. The summed E-state index contributed by atoms with van der Waals surface area (Å²) in [4.78, 5) is 17.2. The first-order valence-electron chi connectivity index (χ1n) is 9.44. The van der Waals surface area contributed by atoms with Gasteiger partial charge in [0.1, 0.15) is 5.69 Å². The zero-order valence-electron chi connectivity index (χ0n) is 15.1. The number of rotatable bonds is 5. The molecule has 2 fully saturated rings. The minimum absolute atomic E-state index is 0.0615. The number of hydrogen-bond donors (Lipinski definition) is 1. The van der Waals surface area contributed by atoms with Gasteiger partial charge in [-0.3, -0.25) is 9.48 Å². The number of carbonyl (C=O) groups excluding carboxylic acids is 1. The summed E-state index contributed by atoms with van der Waals surface area (Å²) in [5, 5.41) is 7.97. The SMILES string of the molecule is CCCN1CCC(N(C)C(=O)c2ccn(C3CCCNC3)n2)CC1. The van der Waals surface area contributed by atoms with Crippen LogP contribution in [0.15, 0.2) is 12.3 Å². The molecule has 0 spiro atoms. The molecule has 6 heteroatoms. The maximum absolute atomic E-state index is 12.8. The summed E-state index contributed by atoms with van der Waals surface area (Å²) in [6.45, 7) is 7.62. The van der Waals surface area contributed by atoms with Crippen molar-refractivity contribution in [3.05, 3.63) is 18.0 Å². The quantitative estimate of drug-likeness (QED) is 0.892. The van der Waals surface area contributed by atoms with Crippen LogP contribution in [0, 0.1) is 0 Å². The molecule has 1 aromatic rings. The first kappa shape index (κ1) is 17.4. The van der Waals surface area contributed by atoms with Crippen LogP contribution in [0.4, 0.5) is 0 Å². The highest BCUT2D eigenvalue weighted by Gasteiger charge is 2.27. The van der Waals surface area contributed by atoms with E-state index >= 15 is 0 Å². The molecule has 3 rings (SSSR count). The molecule has 2 aliphatic heterocycles. The van der Waals surface area contributed by atoms with Gasteiger partial charge in [0.25, 0.3) is 5.91 Å². The fraction of sp³-hybridized carbons (Fsp3) is 0.778. The molecule has 24 heavy (non-hydrogen) atoms. The van der Waals surface area contributed by atoms with Gasteiger partial charge in [-0.1, -0.05) is 6.92 Å². The van der Waals surface area contributed by atoms with Gasteiger partial charge in [0, 0.05) is 38.9 Å². The van der Waals surface area contributed by atoms with Crippen LogP contribution >= 0.6 is 0 Å². The van der Waals surface area contributed by atoms with Gasteiger partial charge >= 0.3 is 0 Å². The second-order valence-corrected chi connectivity index (χ2v) is 7.17. The standard InChI is InChI=1S/C18H31N5O/c1-3-10-22-11-6-15(7-12-22)21(2)18(24)17-8-13-23(20-17)16-5-4-9-19-14-16/h8,13,15-16,19H,3-7,9-12,14H2,1-2H3. The van der Waals surface area contributed by atoms with Crippen molar-refractivity contribution in [2.75, 3.05) is 39.8 Å². The van der Waals surface area contributed by atoms with Crippen molar-refractivity contribution in [2.24, 2.45) is 0 Å². The Morgan fingerprint density at radius 1 is 1.38 bits per heavy atom. The fourth-order valence-corrected chi connectivity index (χ4v) is 3.91. The predicted molar refractivity (Wildman–Crippen MR) is 95.2 cm³/mol. The molecule has 1 atom stereocenters. The third-order valence-corrected chi connectivity index (χ3v) is 5.44. The molecule has 0 saturated carbocycles. The smallest absolute Gasteiger partial charge is 0.274 e. The summed E-state index contributed by atoms with van der Waals surface area (Å²) in [6, 6.07) is 2.59. The van der Waals surface area contributed by atoms with E-state index in [0.717, 1.165) is 45.4 Å². The average Bonchev–Trinajstić information content (AvgIpc) is 3.12. The van der Waals surface area contributed by atoms with Gasteiger partial charge in [-0.25, -0.2) is 0 Å². The van der Waals surface area contributed by atoms with Crippen LogP contribution in [0.3, 0.4) is 0 Å². The third kappa shape index (κ3) is 3.98. The van der Waals surface area contributed by atoms with E-state index in [2.05, 4.69) is 22.2 Å². The Morgan fingerprint density at radius 2 is 2.17 bits per heavy atom. The van der Waals surface area contributed by atoms with E-state index in [1.54, 1.807) is 0 Å². The highest BCUT2D eigenvalue weighted by Crippen LogP contribution is 2.19. The van der Waals surface area contributed by atoms with Crippen molar-refractivity contribution in [3.8, 4) is 0 Å². The molecule has 2 aliphatic rings. The van der Waals surface area contributed by atoms with Crippen LogP contribution in [0.5, 0.6) is 0 Å². The van der Waals surface area contributed by atoms with Crippen LogP contribution in [0.1, 0.15) is 55.6 Å². The first-order valence-corrected chi connectivity index (χ1v) is 9.44. The normalized spacial score (nSPS) is 23.3. The number of piperidine rings is 2. The predicted octanol–water partition coefficient (Wildman–Crippen LogP) is 1.75. The molecule has 134 valence electrons. The lowest BCUT2D eigenvalue weighted by molar-refractivity contribution is 0.0635. The highest BCUT2D eigenvalue weighted by atomic mass is 16.2. The van der Waals surface area contributed by atoms with E-state index in [1.807, 2.05) is 28.9 Å². The van der Waals surface area contributed by atoms with Gasteiger partial charge in [-0.2, -0.15) is 5.10 Å². The van der Waals surface area contributed by atoms with E-state index < -0.39 is 0 Å². The second-order valence-electron chi connectivity index (χ2n) is 7.17. The molecule has 0 bridgehead atoms. The van der Waals surface area contributed by atoms with Crippen LogP contribution < -0.4 is 5.32 Å². The topological polar surface area (TPSA) is 53.4 Å². The summed E-state index contributed by atoms with van der Waals surface area (Å²) < 4.78 is 1.97. The molecule has 1 amide bonds. The Labute approximate surface area is 145 Å². The lowest BCUT2D eigenvalue weighted by Crippen LogP contribution is -2.45. The lowest BCUT2D eigenvalue weighted by atomic mass is 10.0. The van der Waals surface area contributed by atoms with E-state index in [1.165, 1.54) is 19.4 Å². The number of nitrogens with zero attached hydrogens (tertiary/aromatic N) is 4. The molecular formula is C18H31N5O. The molecule has 0 aromatic carbocycles. The van der Waals surface area contributed by atoms with Crippen molar-refractivity contribution < 1.29 is 4.79 Å². The van der Waals surface area contributed by atoms with Crippen LogP contribution in [0.2, 0.25) is 0 Å². The molecule has 0 radical (unpaired) electrons. The number of likely N-dealkylation sites (tertiary alicyclic amines) is 1. The van der Waals surface area contributed by atoms with Crippen LogP contribution in [0.25, 0.3) is 0 Å². The van der Waals surface area contributed by atoms with E-state index in [9.17, 15) is 4.79 Å². The summed E-state index contributed by atoms with van der Waals surface area (Å²) >= 11 is 0. The molecule has 3 heterocycles. The molecule has 6 nitrogen and oxygen atoms in total. The Balaban J connectivity index is 1.57. The third-order valence-electron chi connectivity index (χ3n) is 5.44. The maximum Gasteiger partial charge on any atom is 0.274 e. The van der Waals surface area contributed by atoms with Gasteiger partial charge in [0.05, 0.1) is 6.04 Å². The zero-order valence-corrected chi connectivity index (χ0v) is 15.1. The number of hydrogen-bond acceptors (Lipinski definition) is 4. The zero-order chi connectivity index (χ0) is 16.9. The Kier molecular flexibility index (Phi) is 5.89. The Hall–Kier alpha value is -1.40. The lowest BCUT2D eigenvalue weighted by Gasteiger charge is -2.36. The Morgan fingerprint density at radius 3 is 2.83 bits per heavy atom. The average molecular weight is 333 g/mol. The number of aromatic nitrogens is 2. The molecule has 0 aliphatic carbocycles. The number of nitrogens with one attached hydrogen (secondary N) is 1.